The molecule has 102 valence electrons. The van der Waals surface area contributed by atoms with E-state index >= 15 is 0 Å². The van der Waals surface area contributed by atoms with Gasteiger partial charge in [0.1, 0.15) is 6.54 Å². The normalized spacial score (nSPS) is 11.3. The van der Waals surface area contributed by atoms with Gasteiger partial charge in [-0.15, -0.1) is 0 Å². The maximum atomic E-state index is 12.3. The zero-order chi connectivity index (χ0) is 13.9. The van der Waals surface area contributed by atoms with Crippen LogP contribution in [0, 0.1) is 0 Å². The van der Waals surface area contributed by atoms with E-state index in [1.165, 1.54) is 11.9 Å². The molecule has 0 aromatic carbocycles. The predicted octanol–water partition coefficient (Wildman–Crippen LogP) is 0.222. The number of rotatable bonds is 4. The van der Waals surface area contributed by atoms with Crippen molar-refractivity contribution in [2.75, 3.05) is 42.9 Å². The van der Waals surface area contributed by atoms with Gasteiger partial charge in [-0.2, -0.15) is 28.1 Å². The number of halogens is 3. The lowest BCUT2D eigenvalue weighted by atomic mass is 10.5. The summed E-state index contributed by atoms with van der Waals surface area (Å²) >= 11 is 0. The first-order chi connectivity index (χ1) is 8.23. The highest BCUT2D eigenvalue weighted by Gasteiger charge is 2.30. The van der Waals surface area contributed by atoms with E-state index in [0.29, 0.717) is 0 Å². The number of hydrazine groups is 1. The number of hydrogen-bond acceptors (Lipinski definition) is 7. The summed E-state index contributed by atoms with van der Waals surface area (Å²) in [6.07, 6.45) is -4.34. The average Bonchev–Trinajstić information content (AvgIpc) is 2.26. The van der Waals surface area contributed by atoms with E-state index in [2.05, 4.69) is 20.4 Å². The Balaban J connectivity index is 3.04. The molecule has 7 nitrogen and oxygen atoms in total. The SMILES string of the molecule is CN(C)c1nc(NN)nc(N(C)CC(F)(F)F)n1. The molecule has 1 rings (SSSR count). The number of nitrogens with one attached hydrogen (secondary N) is 1. The summed E-state index contributed by atoms with van der Waals surface area (Å²) in [6, 6.07) is 0. The van der Waals surface area contributed by atoms with Crippen LogP contribution in [0.25, 0.3) is 0 Å². The van der Waals surface area contributed by atoms with Crippen molar-refractivity contribution >= 4 is 17.8 Å². The Morgan fingerprint density at radius 3 is 2.11 bits per heavy atom. The molecule has 1 aromatic rings. The lowest BCUT2D eigenvalue weighted by Crippen LogP contribution is -2.33. The number of nitrogens with zero attached hydrogens (tertiary/aromatic N) is 5. The van der Waals surface area contributed by atoms with E-state index in [1.54, 1.807) is 14.1 Å². The van der Waals surface area contributed by atoms with Crippen molar-refractivity contribution in [2.24, 2.45) is 5.84 Å². The first-order valence-corrected chi connectivity index (χ1v) is 4.91. The maximum absolute atomic E-state index is 12.3. The van der Waals surface area contributed by atoms with Crippen LogP contribution in [0.3, 0.4) is 0 Å². The van der Waals surface area contributed by atoms with Gasteiger partial charge in [-0.3, -0.25) is 5.43 Å². The van der Waals surface area contributed by atoms with Crippen LogP contribution in [0.15, 0.2) is 0 Å². The van der Waals surface area contributed by atoms with Gasteiger partial charge >= 0.3 is 6.18 Å². The molecular formula is C8H14F3N7. The summed E-state index contributed by atoms with van der Waals surface area (Å²) in [5.74, 6) is 5.25. The van der Waals surface area contributed by atoms with Gasteiger partial charge in [-0.25, -0.2) is 5.84 Å². The molecule has 0 unspecified atom stereocenters. The van der Waals surface area contributed by atoms with Crippen molar-refractivity contribution in [1.29, 1.82) is 0 Å². The highest BCUT2D eigenvalue weighted by Crippen LogP contribution is 2.20. The fourth-order valence-corrected chi connectivity index (χ4v) is 1.13. The summed E-state index contributed by atoms with van der Waals surface area (Å²) in [7, 11) is 4.55. The molecule has 0 saturated heterocycles. The Morgan fingerprint density at radius 1 is 1.11 bits per heavy atom. The van der Waals surface area contributed by atoms with Gasteiger partial charge in [-0.1, -0.05) is 0 Å². The molecule has 0 aliphatic heterocycles. The summed E-state index contributed by atoms with van der Waals surface area (Å²) < 4.78 is 36.8. The lowest BCUT2D eigenvalue weighted by Gasteiger charge is -2.20. The second kappa shape index (κ2) is 5.21. The van der Waals surface area contributed by atoms with Crippen LogP contribution in [-0.4, -0.2) is 48.8 Å². The van der Waals surface area contributed by atoms with Crippen LogP contribution in [-0.2, 0) is 0 Å². The molecule has 18 heavy (non-hydrogen) atoms. The first-order valence-electron chi connectivity index (χ1n) is 4.91. The summed E-state index contributed by atoms with van der Waals surface area (Å²) in [6.45, 7) is -1.16. The average molecular weight is 265 g/mol. The number of aromatic nitrogens is 3. The second-order valence-corrected chi connectivity index (χ2v) is 3.77. The highest BCUT2D eigenvalue weighted by atomic mass is 19.4. The zero-order valence-electron chi connectivity index (χ0n) is 10.2. The fraction of sp³-hybridized carbons (Fsp3) is 0.625. The second-order valence-electron chi connectivity index (χ2n) is 3.77. The van der Waals surface area contributed by atoms with Crippen LogP contribution >= 0.6 is 0 Å². The van der Waals surface area contributed by atoms with Gasteiger partial charge in [0.25, 0.3) is 0 Å². The van der Waals surface area contributed by atoms with Crippen LogP contribution in [0.2, 0.25) is 0 Å². The Kier molecular flexibility index (Phi) is 4.11. The van der Waals surface area contributed by atoms with Crippen LogP contribution in [0.4, 0.5) is 31.0 Å². The minimum Gasteiger partial charge on any atom is -0.347 e. The largest absolute Gasteiger partial charge is 0.406 e. The number of anilines is 3. The van der Waals surface area contributed by atoms with E-state index in [1.807, 2.05) is 0 Å². The molecular weight excluding hydrogens is 251 g/mol. The lowest BCUT2D eigenvalue weighted by molar-refractivity contribution is -0.119. The third kappa shape index (κ3) is 3.87. The summed E-state index contributed by atoms with van der Waals surface area (Å²) in [4.78, 5) is 14.0. The summed E-state index contributed by atoms with van der Waals surface area (Å²) in [5, 5.41) is 0. The van der Waals surface area contributed by atoms with Gasteiger partial charge in [0, 0.05) is 21.1 Å². The van der Waals surface area contributed by atoms with Crippen LogP contribution < -0.4 is 21.1 Å². The van der Waals surface area contributed by atoms with Gasteiger partial charge in [0.05, 0.1) is 0 Å². The predicted molar refractivity (Wildman–Crippen MR) is 61.3 cm³/mol. The van der Waals surface area contributed by atoms with Crippen molar-refractivity contribution in [3.8, 4) is 0 Å². The molecule has 0 fully saturated rings. The van der Waals surface area contributed by atoms with Crippen molar-refractivity contribution in [3.05, 3.63) is 0 Å². The molecule has 0 radical (unpaired) electrons. The minimum atomic E-state index is -4.34. The molecule has 0 aliphatic rings. The fourth-order valence-electron chi connectivity index (χ4n) is 1.13. The molecule has 0 saturated carbocycles. The Morgan fingerprint density at radius 2 is 1.67 bits per heavy atom. The van der Waals surface area contributed by atoms with Gasteiger partial charge in [0.2, 0.25) is 17.8 Å². The number of alkyl halides is 3. The first kappa shape index (κ1) is 14.2. The van der Waals surface area contributed by atoms with E-state index < -0.39 is 12.7 Å². The third-order valence-electron chi connectivity index (χ3n) is 1.90. The van der Waals surface area contributed by atoms with Crippen molar-refractivity contribution < 1.29 is 13.2 Å². The molecule has 0 spiro atoms. The van der Waals surface area contributed by atoms with Gasteiger partial charge in [0.15, 0.2) is 0 Å². The van der Waals surface area contributed by atoms with E-state index in [9.17, 15) is 13.2 Å². The molecule has 0 bridgehead atoms. The highest BCUT2D eigenvalue weighted by molar-refractivity contribution is 5.43. The monoisotopic (exact) mass is 265 g/mol. The molecule has 10 heteroatoms. The van der Waals surface area contributed by atoms with Gasteiger partial charge in [-0.05, 0) is 0 Å². The minimum absolute atomic E-state index is 0.00211. The summed E-state index contributed by atoms with van der Waals surface area (Å²) in [5.41, 5.74) is 2.18. The van der Waals surface area contributed by atoms with Crippen molar-refractivity contribution in [2.45, 2.75) is 6.18 Å². The van der Waals surface area contributed by atoms with Crippen molar-refractivity contribution in [3.63, 3.8) is 0 Å². The quantitative estimate of drug-likeness (QED) is 0.595. The zero-order valence-corrected chi connectivity index (χ0v) is 10.2. The molecule has 0 aliphatic carbocycles. The Bertz CT molecular complexity index is 406. The molecule has 0 amide bonds. The molecule has 0 atom stereocenters. The topological polar surface area (TPSA) is 83.2 Å². The third-order valence-corrected chi connectivity index (χ3v) is 1.90. The van der Waals surface area contributed by atoms with E-state index in [4.69, 9.17) is 5.84 Å². The smallest absolute Gasteiger partial charge is 0.347 e. The molecule has 1 aromatic heterocycles. The Hall–Kier alpha value is -1.84. The van der Waals surface area contributed by atoms with Crippen LogP contribution in [0.1, 0.15) is 0 Å². The van der Waals surface area contributed by atoms with E-state index in [-0.39, 0.29) is 17.8 Å². The standard InChI is InChI=1S/C8H14F3N7/c1-17(2)6-13-5(16-12)14-7(15-6)18(3)4-8(9,10)11/h4,12H2,1-3H3,(H,13,14,15,16). The Labute approximate surface area is 102 Å². The van der Waals surface area contributed by atoms with Gasteiger partial charge < -0.3 is 9.80 Å². The van der Waals surface area contributed by atoms with Crippen molar-refractivity contribution in [1.82, 2.24) is 15.0 Å². The molecule has 1 heterocycles. The van der Waals surface area contributed by atoms with E-state index in [0.717, 1.165) is 4.90 Å². The number of hydrogen-bond donors (Lipinski definition) is 2. The maximum Gasteiger partial charge on any atom is 0.406 e. The number of nitrogen functional groups attached to an aromatic ring is 1. The van der Waals surface area contributed by atoms with Crippen LogP contribution in [0.5, 0.6) is 0 Å². The molecule has 3 N–H and O–H groups in total. The number of nitrogens with two attached hydrogens (primary N) is 1.